The number of aromatic amines is 1. The van der Waals surface area contributed by atoms with Crippen LogP contribution in [0.15, 0.2) is 12.3 Å². The highest BCUT2D eigenvalue weighted by Crippen LogP contribution is 2.29. The van der Waals surface area contributed by atoms with Crippen molar-refractivity contribution < 1.29 is 14.3 Å². The normalized spacial score (nSPS) is 17.8. The second-order valence-electron chi connectivity index (χ2n) is 4.82. The average molecular weight is 285 g/mol. The number of rotatable bonds is 3. The zero-order valence-corrected chi connectivity index (χ0v) is 11.5. The van der Waals surface area contributed by atoms with E-state index in [2.05, 4.69) is 10.3 Å². The summed E-state index contributed by atoms with van der Waals surface area (Å²) in [7, 11) is 1.34. The smallest absolute Gasteiger partial charge is 0.331 e. The van der Waals surface area contributed by atoms with Gasteiger partial charge >= 0.3 is 5.97 Å². The first-order chi connectivity index (χ1) is 9.07. The molecule has 6 heteroatoms. The Morgan fingerprint density at radius 3 is 2.58 bits per heavy atom. The number of hydrogen-bond acceptors (Lipinski definition) is 3. The lowest BCUT2D eigenvalue weighted by atomic mass is 9.81. The van der Waals surface area contributed by atoms with E-state index in [0.717, 1.165) is 19.3 Å². The third kappa shape index (κ3) is 2.92. The Morgan fingerprint density at radius 1 is 1.37 bits per heavy atom. The summed E-state index contributed by atoms with van der Waals surface area (Å²) in [6.45, 7) is 0. The molecule has 1 aliphatic rings. The number of methoxy groups -OCH3 is 1. The largest absolute Gasteiger partial charge is 0.467 e. The summed E-state index contributed by atoms with van der Waals surface area (Å²) in [6, 6.07) is 1.53. The molecule has 1 amide bonds. The molecule has 2 N–H and O–H groups in total. The predicted molar refractivity (Wildman–Crippen MR) is 71.1 cm³/mol. The second kappa shape index (κ2) is 5.65. The number of carbonyl (C=O) groups excluding carboxylic acids is 2. The number of nitrogens with one attached hydrogen (secondary N) is 2. The molecule has 104 valence electrons. The molecule has 5 nitrogen and oxygen atoms in total. The molecule has 1 aromatic heterocycles. The highest BCUT2D eigenvalue weighted by molar-refractivity contribution is 6.31. The van der Waals surface area contributed by atoms with Crippen LogP contribution in [0.4, 0.5) is 0 Å². The van der Waals surface area contributed by atoms with Crippen molar-refractivity contribution in [2.75, 3.05) is 7.11 Å². The maximum absolute atomic E-state index is 12.1. The first-order valence-corrected chi connectivity index (χ1v) is 6.70. The molecule has 1 aliphatic carbocycles. The van der Waals surface area contributed by atoms with E-state index in [-0.39, 0.29) is 11.9 Å². The summed E-state index contributed by atoms with van der Waals surface area (Å²) in [4.78, 5) is 26.9. The molecule has 0 aromatic carbocycles. The molecule has 1 aromatic rings. The third-order valence-electron chi connectivity index (χ3n) is 3.53. The van der Waals surface area contributed by atoms with Crippen LogP contribution in [0, 0.1) is 0 Å². The van der Waals surface area contributed by atoms with E-state index in [0.29, 0.717) is 23.6 Å². The minimum atomic E-state index is -0.901. The molecular formula is C13H17ClN2O3. The lowest BCUT2D eigenvalue weighted by Gasteiger charge is -2.35. The molecule has 0 spiro atoms. The Hall–Kier alpha value is -1.49. The van der Waals surface area contributed by atoms with Crippen LogP contribution in [0.25, 0.3) is 0 Å². The van der Waals surface area contributed by atoms with Gasteiger partial charge in [0, 0.05) is 6.20 Å². The first kappa shape index (κ1) is 13.9. The molecule has 1 heterocycles. The van der Waals surface area contributed by atoms with Crippen molar-refractivity contribution in [2.45, 2.75) is 37.6 Å². The van der Waals surface area contributed by atoms with Gasteiger partial charge in [-0.2, -0.15) is 0 Å². The molecule has 0 aliphatic heterocycles. The number of carbonyl (C=O) groups is 2. The Bertz CT molecular complexity index is 478. The Labute approximate surface area is 116 Å². The van der Waals surface area contributed by atoms with Crippen LogP contribution in [0.5, 0.6) is 0 Å². The zero-order chi connectivity index (χ0) is 13.9. The van der Waals surface area contributed by atoms with Gasteiger partial charge in [-0.25, -0.2) is 4.79 Å². The summed E-state index contributed by atoms with van der Waals surface area (Å²) in [5.41, 5.74) is -0.555. The highest BCUT2D eigenvalue weighted by atomic mass is 35.5. The van der Waals surface area contributed by atoms with Crippen molar-refractivity contribution in [3.05, 3.63) is 23.0 Å². The van der Waals surface area contributed by atoms with Crippen molar-refractivity contribution >= 4 is 23.5 Å². The van der Waals surface area contributed by atoms with E-state index in [1.54, 1.807) is 0 Å². The lowest BCUT2D eigenvalue weighted by Crippen LogP contribution is -2.56. The number of halogens is 1. The quantitative estimate of drug-likeness (QED) is 0.837. The monoisotopic (exact) mass is 284 g/mol. The molecule has 0 atom stereocenters. The molecule has 0 bridgehead atoms. The van der Waals surface area contributed by atoms with E-state index in [4.69, 9.17) is 16.3 Å². The van der Waals surface area contributed by atoms with E-state index in [9.17, 15) is 9.59 Å². The van der Waals surface area contributed by atoms with Crippen molar-refractivity contribution in [2.24, 2.45) is 0 Å². The fourth-order valence-electron chi connectivity index (χ4n) is 2.51. The van der Waals surface area contributed by atoms with E-state index in [1.165, 1.54) is 19.4 Å². The summed E-state index contributed by atoms with van der Waals surface area (Å²) in [5.74, 6) is -0.711. The van der Waals surface area contributed by atoms with Crippen LogP contribution >= 0.6 is 11.6 Å². The van der Waals surface area contributed by atoms with Gasteiger partial charge < -0.3 is 15.0 Å². The van der Waals surface area contributed by atoms with E-state index in [1.807, 2.05) is 0 Å². The standard InChI is InChI=1S/C13H17ClN2O3/c1-19-12(18)13(5-3-2-4-6-13)16-11(17)10-7-9(14)8-15-10/h7-8,15H,2-6H2,1H3,(H,16,17). The topological polar surface area (TPSA) is 71.2 Å². The van der Waals surface area contributed by atoms with Crippen LogP contribution in [0.1, 0.15) is 42.6 Å². The molecule has 2 rings (SSSR count). The predicted octanol–water partition coefficient (Wildman–Crippen LogP) is 2.27. The van der Waals surface area contributed by atoms with Gasteiger partial charge in [0.15, 0.2) is 0 Å². The number of aromatic nitrogens is 1. The number of H-pyrrole nitrogens is 1. The number of amides is 1. The van der Waals surface area contributed by atoms with Gasteiger partial charge in [-0.05, 0) is 18.9 Å². The van der Waals surface area contributed by atoms with Crippen LogP contribution in [0.3, 0.4) is 0 Å². The number of hydrogen-bond donors (Lipinski definition) is 2. The van der Waals surface area contributed by atoms with Crippen LogP contribution in [0.2, 0.25) is 5.02 Å². The zero-order valence-electron chi connectivity index (χ0n) is 10.8. The molecule has 0 unspecified atom stereocenters. The van der Waals surface area contributed by atoms with Gasteiger partial charge in [-0.3, -0.25) is 4.79 Å². The van der Waals surface area contributed by atoms with Gasteiger partial charge in [0.1, 0.15) is 11.2 Å². The highest BCUT2D eigenvalue weighted by Gasteiger charge is 2.42. The van der Waals surface area contributed by atoms with Crippen molar-refractivity contribution in [3.63, 3.8) is 0 Å². The van der Waals surface area contributed by atoms with Crippen LogP contribution in [-0.2, 0) is 9.53 Å². The summed E-state index contributed by atoms with van der Waals surface area (Å²) >= 11 is 5.77. The van der Waals surface area contributed by atoms with Gasteiger partial charge in [-0.15, -0.1) is 0 Å². The number of ether oxygens (including phenoxy) is 1. The maximum atomic E-state index is 12.1. The Morgan fingerprint density at radius 2 is 2.05 bits per heavy atom. The fraction of sp³-hybridized carbons (Fsp3) is 0.538. The minimum Gasteiger partial charge on any atom is -0.467 e. The Balaban J connectivity index is 2.16. The minimum absolute atomic E-state index is 0.334. The van der Waals surface area contributed by atoms with Gasteiger partial charge in [0.05, 0.1) is 12.1 Å². The molecule has 19 heavy (non-hydrogen) atoms. The van der Waals surface area contributed by atoms with Crippen molar-refractivity contribution in [3.8, 4) is 0 Å². The van der Waals surface area contributed by atoms with E-state index < -0.39 is 5.54 Å². The Kier molecular flexibility index (Phi) is 4.14. The summed E-state index contributed by atoms with van der Waals surface area (Å²) < 4.78 is 4.85. The first-order valence-electron chi connectivity index (χ1n) is 6.32. The lowest BCUT2D eigenvalue weighted by molar-refractivity contribution is -0.149. The summed E-state index contributed by atoms with van der Waals surface area (Å²) in [5, 5.41) is 3.27. The molecule has 0 saturated heterocycles. The average Bonchev–Trinajstić information content (AvgIpc) is 2.85. The van der Waals surface area contributed by atoms with Crippen molar-refractivity contribution in [1.82, 2.24) is 10.3 Å². The van der Waals surface area contributed by atoms with Gasteiger partial charge in [0.2, 0.25) is 0 Å². The molecule has 1 saturated carbocycles. The molecular weight excluding hydrogens is 268 g/mol. The van der Waals surface area contributed by atoms with Gasteiger partial charge in [-0.1, -0.05) is 30.9 Å². The van der Waals surface area contributed by atoms with Crippen LogP contribution in [-0.4, -0.2) is 29.5 Å². The maximum Gasteiger partial charge on any atom is 0.331 e. The van der Waals surface area contributed by atoms with Crippen LogP contribution < -0.4 is 5.32 Å². The second-order valence-corrected chi connectivity index (χ2v) is 5.26. The molecule has 1 fully saturated rings. The molecule has 0 radical (unpaired) electrons. The fourth-order valence-corrected chi connectivity index (χ4v) is 2.68. The summed E-state index contributed by atoms with van der Waals surface area (Å²) in [6.07, 6.45) is 5.63. The third-order valence-corrected chi connectivity index (χ3v) is 3.75. The number of esters is 1. The van der Waals surface area contributed by atoms with E-state index >= 15 is 0 Å². The van der Waals surface area contributed by atoms with Gasteiger partial charge in [0.25, 0.3) is 5.91 Å². The SMILES string of the molecule is COC(=O)C1(NC(=O)c2cc(Cl)c[nH]2)CCCCC1. The van der Waals surface area contributed by atoms with Crippen molar-refractivity contribution in [1.29, 1.82) is 0 Å².